The summed E-state index contributed by atoms with van der Waals surface area (Å²) in [7, 11) is 0. The molecule has 0 radical (unpaired) electrons. The molecular weight excluding hydrogens is 190 g/mol. The van der Waals surface area contributed by atoms with Crippen molar-refractivity contribution >= 4 is 5.97 Å². The molecule has 15 heavy (non-hydrogen) atoms. The molecule has 0 saturated heterocycles. The van der Waals surface area contributed by atoms with Crippen LogP contribution in [0.4, 0.5) is 0 Å². The molecule has 0 fully saturated rings. The van der Waals surface area contributed by atoms with Crippen LogP contribution in [-0.2, 0) is 9.53 Å². The molecule has 0 atom stereocenters. The Morgan fingerprint density at radius 2 is 1.87 bits per heavy atom. The van der Waals surface area contributed by atoms with Gasteiger partial charge in [-0.1, -0.05) is 33.8 Å². The molecule has 88 valence electrons. The Balaban J connectivity index is 3.82. The van der Waals surface area contributed by atoms with E-state index >= 15 is 0 Å². The lowest BCUT2D eigenvalue weighted by Gasteiger charge is -2.18. The predicted molar refractivity (Wildman–Crippen MR) is 62.8 cm³/mol. The Morgan fingerprint density at radius 1 is 1.27 bits per heavy atom. The molecular formula is C12H23NO2. The number of hydrogen-bond acceptors (Lipinski definition) is 3. The van der Waals surface area contributed by atoms with Crippen molar-refractivity contribution in [3.8, 4) is 0 Å². The Morgan fingerprint density at radius 3 is 2.33 bits per heavy atom. The second-order valence-corrected chi connectivity index (χ2v) is 3.55. The van der Waals surface area contributed by atoms with Gasteiger partial charge in [0.25, 0.3) is 0 Å². The molecule has 0 aromatic rings. The summed E-state index contributed by atoms with van der Waals surface area (Å²) in [5.41, 5.74) is 0.551. The van der Waals surface area contributed by atoms with E-state index in [0.29, 0.717) is 18.7 Å². The minimum atomic E-state index is -0.254. The van der Waals surface area contributed by atoms with Crippen molar-refractivity contribution < 1.29 is 9.53 Å². The first-order valence-corrected chi connectivity index (χ1v) is 5.72. The first-order valence-electron chi connectivity index (χ1n) is 5.72. The number of carbonyl (C=O) groups is 1. The van der Waals surface area contributed by atoms with Gasteiger partial charge in [-0.3, -0.25) is 4.90 Å². The highest BCUT2D eigenvalue weighted by atomic mass is 16.5. The molecule has 0 unspecified atom stereocenters. The lowest BCUT2D eigenvalue weighted by molar-refractivity contribution is -0.139. The predicted octanol–water partition coefficient (Wildman–Crippen LogP) is 2.23. The monoisotopic (exact) mass is 213 g/mol. The number of ether oxygens (including phenoxy) is 1. The van der Waals surface area contributed by atoms with Gasteiger partial charge in [0.05, 0.1) is 6.61 Å². The van der Waals surface area contributed by atoms with Gasteiger partial charge in [-0.2, -0.15) is 0 Å². The summed E-state index contributed by atoms with van der Waals surface area (Å²) >= 11 is 0. The third kappa shape index (κ3) is 6.28. The van der Waals surface area contributed by atoms with Crippen molar-refractivity contribution in [2.75, 3.05) is 26.2 Å². The van der Waals surface area contributed by atoms with Crippen molar-refractivity contribution in [3.05, 3.63) is 12.2 Å². The van der Waals surface area contributed by atoms with E-state index in [0.717, 1.165) is 25.9 Å². The second kappa shape index (κ2) is 8.48. The third-order valence-electron chi connectivity index (χ3n) is 2.33. The Hall–Kier alpha value is -0.830. The highest BCUT2D eigenvalue weighted by Crippen LogP contribution is 2.00. The molecule has 0 amide bonds. The number of nitrogens with zero attached hydrogens (tertiary/aromatic N) is 1. The van der Waals surface area contributed by atoms with Crippen molar-refractivity contribution in [1.29, 1.82) is 0 Å². The van der Waals surface area contributed by atoms with Crippen LogP contribution in [0.2, 0.25) is 0 Å². The first-order chi connectivity index (χ1) is 7.15. The SMILES string of the molecule is C=C(CN(CC)CC)C(=O)OCCCC. The molecule has 0 spiro atoms. The Bertz CT molecular complexity index is 198. The van der Waals surface area contributed by atoms with Crippen molar-refractivity contribution in [3.63, 3.8) is 0 Å². The van der Waals surface area contributed by atoms with Crippen LogP contribution in [-0.4, -0.2) is 37.1 Å². The van der Waals surface area contributed by atoms with Crippen LogP contribution in [0.15, 0.2) is 12.2 Å². The molecule has 0 rings (SSSR count). The average Bonchev–Trinajstić information content (AvgIpc) is 2.25. The molecule has 0 aliphatic rings. The highest BCUT2D eigenvalue weighted by molar-refractivity contribution is 5.88. The molecule has 0 saturated carbocycles. The molecule has 0 aliphatic heterocycles. The quantitative estimate of drug-likeness (QED) is 0.352. The van der Waals surface area contributed by atoms with E-state index in [4.69, 9.17) is 4.74 Å². The Labute approximate surface area is 93.1 Å². The van der Waals surface area contributed by atoms with Gasteiger partial charge in [0.15, 0.2) is 0 Å². The number of likely N-dealkylation sites (N-methyl/N-ethyl adjacent to an activating group) is 1. The molecule has 0 aromatic heterocycles. The smallest absolute Gasteiger partial charge is 0.334 e. The first kappa shape index (κ1) is 14.2. The van der Waals surface area contributed by atoms with Gasteiger partial charge in [-0.05, 0) is 19.5 Å². The molecule has 3 heteroatoms. The normalized spacial score (nSPS) is 10.4. The topological polar surface area (TPSA) is 29.5 Å². The molecule has 0 aromatic carbocycles. The largest absolute Gasteiger partial charge is 0.462 e. The maximum atomic E-state index is 11.4. The van der Waals surface area contributed by atoms with Crippen LogP contribution >= 0.6 is 0 Å². The summed E-state index contributed by atoms with van der Waals surface area (Å²) in [6.45, 7) is 12.9. The highest BCUT2D eigenvalue weighted by Gasteiger charge is 2.10. The van der Waals surface area contributed by atoms with E-state index in [-0.39, 0.29) is 5.97 Å². The summed E-state index contributed by atoms with van der Waals surface area (Å²) in [6.07, 6.45) is 1.96. The van der Waals surface area contributed by atoms with E-state index in [1.165, 1.54) is 0 Å². The fraction of sp³-hybridized carbons (Fsp3) is 0.750. The van der Waals surface area contributed by atoms with E-state index in [1.54, 1.807) is 0 Å². The molecule has 0 bridgehead atoms. The van der Waals surface area contributed by atoms with Crippen molar-refractivity contribution in [2.45, 2.75) is 33.6 Å². The number of esters is 1. The molecule has 0 heterocycles. The minimum absolute atomic E-state index is 0.254. The van der Waals surface area contributed by atoms with E-state index < -0.39 is 0 Å². The van der Waals surface area contributed by atoms with Crippen LogP contribution < -0.4 is 0 Å². The summed E-state index contributed by atoms with van der Waals surface area (Å²) in [5, 5.41) is 0. The van der Waals surface area contributed by atoms with Crippen molar-refractivity contribution in [2.24, 2.45) is 0 Å². The molecule has 0 N–H and O–H groups in total. The summed E-state index contributed by atoms with van der Waals surface area (Å²) < 4.78 is 5.07. The van der Waals surface area contributed by atoms with E-state index in [1.807, 2.05) is 0 Å². The van der Waals surface area contributed by atoms with Crippen LogP contribution in [0.5, 0.6) is 0 Å². The maximum absolute atomic E-state index is 11.4. The van der Waals surface area contributed by atoms with Crippen LogP contribution in [0.1, 0.15) is 33.6 Å². The fourth-order valence-corrected chi connectivity index (χ4v) is 1.19. The van der Waals surface area contributed by atoms with Gasteiger partial charge < -0.3 is 4.74 Å². The van der Waals surface area contributed by atoms with Gasteiger partial charge >= 0.3 is 5.97 Å². The summed E-state index contributed by atoms with van der Waals surface area (Å²) in [6, 6.07) is 0. The molecule has 0 aliphatic carbocycles. The van der Waals surface area contributed by atoms with Crippen molar-refractivity contribution in [1.82, 2.24) is 4.90 Å². The standard InChI is InChI=1S/C12H23NO2/c1-5-8-9-15-12(14)11(4)10-13(6-2)7-3/h4-10H2,1-3H3. The van der Waals surface area contributed by atoms with Crippen LogP contribution in [0, 0.1) is 0 Å². The average molecular weight is 213 g/mol. The Kier molecular flexibility index (Phi) is 8.01. The number of unbranched alkanes of at least 4 members (excludes halogenated alkanes) is 1. The maximum Gasteiger partial charge on any atom is 0.334 e. The van der Waals surface area contributed by atoms with Crippen LogP contribution in [0.25, 0.3) is 0 Å². The summed E-state index contributed by atoms with van der Waals surface area (Å²) in [4.78, 5) is 13.6. The van der Waals surface area contributed by atoms with Gasteiger partial charge in [0.1, 0.15) is 0 Å². The molecule has 3 nitrogen and oxygen atoms in total. The van der Waals surface area contributed by atoms with Crippen LogP contribution in [0.3, 0.4) is 0 Å². The number of rotatable bonds is 8. The van der Waals surface area contributed by atoms with Gasteiger partial charge in [0, 0.05) is 12.1 Å². The van der Waals surface area contributed by atoms with E-state index in [2.05, 4.69) is 32.3 Å². The van der Waals surface area contributed by atoms with E-state index in [9.17, 15) is 4.79 Å². The number of carbonyl (C=O) groups excluding carboxylic acids is 1. The second-order valence-electron chi connectivity index (χ2n) is 3.55. The zero-order valence-electron chi connectivity index (χ0n) is 10.2. The fourth-order valence-electron chi connectivity index (χ4n) is 1.19. The zero-order valence-corrected chi connectivity index (χ0v) is 10.2. The third-order valence-corrected chi connectivity index (χ3v) is 2.33. The lowest BCUT2D eigenvalue weighted by atomic mass is 10.3. The minimum Gasteiger partial charge on any atom is -0.462 e. The lowest BCUT2D eigenvalue weighted by Crippen LogP contribution is -2.28. The van der Waals surface area contributed by atoms with Gasteiger partial charge in [-0.15, -0.1) is 0 Å². The zero-order chi connectivity index (χ0) is 11.7. The van der Waals surface area contributed by atoms with Gasteiger partial charge in [0.2, 0.25) is 0 Å². The van der Waals surface area contributed by atoms with Gasteiger partial charge in [-0.25, -0.2) is 4.79 Å². The number of hydrogen-bond donors (Lipinski definition) is 0. The summed E-state index contributed by atoms with van der Waals surface area (Å²) in [5.74, 6) is -0.254.